The molecule has 4 nitrogen and oxygen atoms in total. The number of halogens is 1. The topological polar surface area (TPSA) is 56.3 Å². The average molecular weight is 430 g/mol. The lowest BCUT2D eigenvalue weighted by Crippen LogP contribution is -2.24. The van der Waals surface area contributed by atoms with Crippen LogP contribution in [0.4, 0.5) is 0 Å². The number of para-hydroxylation sites is 1. The van der Waals surface area contributed by atoms with Crippen LogP contribution in [0, 0.1) is 6.92 Å². The largest absolute Gasteiger partial charge is 0.451 e. The molecule has 0 unspecified atom stereocenters. The molecule has 0 aliphatic carbocycles. The molecular weight excluding hydrogens is 410 g/mol. The molecule has 0 aliphatic heterocycles. The number of aromatic nitrogens is 1. The van der Waals surface area contributed by atoms with Crippen molar-refractivity contribution in [3.05, 3.63) is 101 Å². The van der Waals surface area contributed by atoms with Crippen LogP contribution in [0.5, 0.6) is 0 Å². The summed E-state index contributed by atoms with van der Waals surface area (Å²) in [7, 11) is 0. The van der Waals surface area contributed by atoms with Gasteiger partial charge in [-0.1, -0.05) is 72.3 Å². The van der Waals surface area contributed by atoms with Crippen molar-refractivity contribution in [3.8, 4) is 11.3 Å². The highest BCUT2D eigenvalue weighted by Crippen LogP contribution is 2.28. The van der Waals surface area contributed by atoms with Gasteiger partial charge in [-0.05, 0) is 37.6 Å². The number of Topliss-reactive ketones (excluding diaryl/α,β-unsaturated/α-hetero) is 1. The van der Waals surface area contributed by atoms with E-state index in [0.717, 1.165) is 11.1 Å². The molecule has 0 fully saturated rings. The third-order valence-corrected chi connectivity index (χ3v) is 5.36. The van der Waals surface area contributed by atoms with Crippen LogP contribution in [0.1, 0.15) is 33.2 Å². The molecule has 0 N–H and O–H groups in total. The summed E-state index contributed by atoms with van der Waals surface area (Å²) in [6.45, 7) is 3.53. The van der Waals surface area contributed by atoms with E-state index in [-0.39, 0.29) is 5.78 Å². The average Bonchev–Trinajstić information content (AvgIpc) is 2.79. The smallest absolute Gasteiger partial charge is 0.339 e. The zero-order chi connectivity index (χ0) is 22.0. The third kappa shape index (κ3) is 4.35. The SMILES string of the molecule is Cc1cccc2c(C(=O)O[C@H](C)C(=O)c3ccccc3)cc(-c3ccc(Cl)cc3)nc12. The van der Waals surface area contributed by atoms with Gasteiger partial charge < -0.3 is 4.74 Å². The van der Waals surface area contributed by atoms with Crippen LogP contribution >= 0.6 is 11.6 Å². The second kappa shape index (κ2) is 8.70. The Bertz CT molecular complexity index is 1270. The van der Waals surface area contributed by atoms with Gasteiger partial charge in [0.1, 0.15) is 0 Å². The zero-order valence-electron chi connectivity index (χ0n) is 17.1. The minimum absolute atomic E-state index is 0.249. The van der Waals surface area contributed by atoms with Gasteiger partial charge in [0.05, 0.1) is 16.8 Å². The lowest BCUT2D eigenvalue weighted by Gasteiger charge is -2.15. The Morgan fingerprint density at radius 2 is 1.65 bits per heavy atom. The van der Waals surface area contributed by atoms with E-state index in [4.69, 9.17) is 21.3 Å². The fraction of sp³-hybridized carbons (Fsp3) is 0.115. The van der Waals surface area contributed by atoms with Crippen molar-refractivity contribution >= 4 is 34.3 Å². The van der Waals surface area contributed by atoms with Gasteiger partial charge in [-0.3, -0.25) is 4.79 Å². The Morgan fingerprint density at radius 3 is 2.35 bits per heavy atom. The van der Waals surface area contributed by atoms with E-state index in [2.05, 4.69) is 0 Å². The molecule has 0 bridgehead atoms. The van der Waals surface area contributed by atoms with Crippen LogP contribution in [0.2, 0.25) is 5.02 Å². The van der Waals surface area contributed by atoms with Gasteiger partial charge in [0.25, 0.3) is 0 Å². The Balaban J connectivity index is 1.73. The molecule has 0 saturated heterocycles. The van der Waals surface area contributed by atoms with Crippen LogP contribution in [0.15, 0.2) is 78.9 Å². The van der Waals surface area contributed by atoms with Crippen molar-refractivity contribution in [2.75, 3.05) is 0 Å². The molecule has 154 valence electrons. The number of ether oxygens (including phenoxy) is 1. The van der Waals surface area contributed by atoms with Crippen molar-refractivity contribution < 1.29 is 14.3 Å². The number of hydrogen-bond donors (Lipinski definition) is 0. The van der Waals surface area contributed by atoms with E-state index in [1.165, 1.54) is 0 Å². The van der Waals surface area contributed by atoms with Crippen molar-refractivity contribution in [1.29, 1.82) is 0 Å². The summed E-state index contributed by atoms with van der Waals surface area (Å²) < 4.78 is 5.57. The van der Waals surface area contributed by atoms with Crippen LogP contribution in [0.25, 0.3) is 22.2 Å². The molecule has 0 amide bonds. The molecule has 0 saturated carbocycles. The first kappa shape index (κ1) is 20.8. The van der Waals surface area contributed by atoms with Crippen LogP contribution in [-0.2, 0) is 4.74 Å². The number of hydrogen-bond acceptors (Lipinski definition) is 4. The number of pyridine rings is 1. The number of aryl methyl sites for hydroxylation is 1. The molecular formula is C26H20ClNO3. The maximum atomic E-state index is 13.1. The maximum absolute atomic E-state index is 13.1. The summed E-state index contributed by atoms with van der Waals surface area (Å²) in [5, 5.41) is 1.30. The Morgan fingerprint density at radius 1 is 0.935 bits per heavy atom. The molecule has 1 aromatic heterocycles. The summed E-state index contributed by atoms with van der Waals surface area (Å²) in [4.78, 5) is 30.5. The third-order valence-electron chi connectivity index (χ3n) is 5.11. The highest BCUT2D eigenvalue weighted by molar-refractivity contribution is 6.30. The summed E-state index contributed by atoms with van der Waals surface area (Å²) in [5.74, 6) is -0.814. The maximum Gasteiger partial charge on any atom is 0.339 e. The number of carbonyl (C=O) groups is 2. The van der Waals surface area contributed by atoms with E-state index in [9.17, 15) is 9.59 Å². The predicted molar refractivity (Wildman–Crippen MR) is 123 cm³/mol. The Hall–Kier alpha value is -3.50. The normalized spacial score (nSPS) is 11.8. The lowest BCUT2D eigenvalue weighted by atomic mass is 10.0. The highest BCUT2D eigenvalue weighted by Gasteiger charge is 2.23. The van der Waals surface area contributed by atoms with Gasteiger partial charge in [0.2, 0.25) is 5.78 Å². The first-order valence-corrected chi connectivity index (χ1v) is 10.3. The van der Waals surface area contributed by atoms with E-state index >= 15 is 0 Å². The van der Waals surface area contributed by atoms with Crippen LogP contribution in [0.3, 0.4) is 0 Å². The second-order valence-electron chi connectivity index (χ2n) is 7.31. The fourth-order valence-corrected chi connectivity index (χ4v) is 3.57. The first-order chi connectivity index (χ1) is 14.9. The fourth-order valence-electron chi connectivity index (χ4n) is 3.44. The van der Waals surface area contributed by atoms with Crippen molar-refractivity contribution in [2.45, 2.75) is 20.0 Å². The summed E-state index contributed by atoms with van der Waals surface area (Å²) >= 11 is 6.01. The van der Waals surface area contributed by atoms with E-state index in [1.54, 1.807) is 49.4 Å². The van der Waals surface area contributed by atoms with Crippen molar-refractivity contribution in [2.24, 2.45) is 0 Å². The summed E-state index contributed by atoms with van der Waals surface area (Å²) in [6, 6.07) is 23.4. The Kier molecular flexibility index (Phi) is 5.83. The lowest BCUT2D eigenvalue weighted by molar-refractivity contribution is 0.0320. The highest BCUT2D eigenvalue weighted by atomic mass is 35.5. The van der Waals surface area contributed by atoms with Gasteiger partial charge in [-0.25, -0.2) is 9.78 Å². The molecule has 0 aliphatic rings. The van der Waals surface area contributed by atoms with E-state index in [0.29, 0.717) is 32.7 Å². The van der Waals surface area contributed by atoms with Gasteiger partial charge in [-0.2, -0.15) is 0 Å². The van der Waals surface area contributed by atoms with Crippen LogP contribution < -0.4 is 0 Å². The summed E-state index contributed by atoms with van der Waals surface area (Å²) in [5.41, 5.74) is 3.98. The number of nitrogens with zero attached hydrogens (tertiary/aromatic N) is 1. The number of carbonyl (C=O) groups excluding carboxylic acids is 2. The monoisotopic (exact) mass is 429 g/mol. The quantitative estimate of drug-likeness (QED) is 0.276. The van der Waals surface area contributed by atoms with E-state index in [1.807, 2.05) is 43.3 Å². The van der Waals surface area contributed by atoms with Crippen molar-refractivity contribution in [3.63, 3.8) is 0 Å². The summed E-state index contributed by atoms with van der Waals surface area (Å²) in [6.07, 6.45) is -0.915. The molecule has 1 atom stereocenters. The predicted octanol–water partition coefficient (Wildman–Crippen LogP) is 6.29. The van der Waals surface area contributed by atoms with Crippen LogP contribution in [-0.4, -0.2) is 22.8 Å². The standard InChI is InChI=1S/C26H20ClNO3/c1-16-7-6-10-21-22(15-23(28-24(16)21)18-11-13-20(27)14-12-18)26(30)31-17(2)25(29)19-8-4-3-5-9-19/h3-15,17H,1-2H3/t17-/m1/s1. The molecule has 4 aromatic rings. The van der Waals surface area contributed by atoms with Gasteiger partial charge in [0.15, 0.2) is 6.10 Å². The minimum atomic E-state index is -0.915. The minimum Gasteiger partial charge on any atom is -0.451 e. The Labute approximate surface area is 185 Å². The van der Waals surface area contributed by atoms with E-state index < -0.39 is 12.1 Å². The molecule has 0 spiro atoms. The van der Waals surface area contributed by atoms with Gasteiger partial charge in [0, 0.05) is 21.5 Å². The molecule has 1 heterocycles. The van der Waals surface area contributed by atoms with Crippen molar-refractivity contribution in [1.82, 2.24) is 4.98 Å². The molecule has 5 heteroatoms. The second-order valence-corrected chi connectivity index (χ2v) is 7.75. The number of ketones is 1. The molecule has 4 rings (SSSR count). The number of rotatable bonds is 5. The van der Waals surface area contributed by atoms with Gasteiger partial charge in [-0.15, -0.1) is 0 Å². The first-order valence-electron chi connectivity index (χ1n) is 9.90. The number of esters is 1. The molecule has 3 aromatic carbocycles. The zero-order valence-corrected chi connectivity index (χ0v) is 17.9. The number of benzene rings is 3. The molecule has 31 heavy (non-hydrogen) atoms. The number of fused-ring (bicyclic) bond motifs is 1. The van der Waals surface area contributed by atoms with Gasteiger partial charge >= 0.3 is 5.97 Å². The molecule has 0 radical (unpaired) electrons.